The predicted molar refractivity (Wildman–Crippen MR) is 165 cm³/mol. The number of anilines is 4. The number of para-hydroxylation sites is 1. The minimum atomic E-state index is -3.71. The van der Waals surface area contributed by atoms with E-state index in [9.17, 15) is 13.2 Å². The van der Waals surface area contributed by atoms with Gasteiger partial charge >= 0.3 is 0 Å². The molecular formula is C29H36ClN7O5S. The van der Waals surface area contributed by atoms with Gasteiger partial charge in [-0.1, -0.05) is 23.7 Å². The first kappa shape index (κ1) is 31.0. The van der Waals surface area contributed by atoms with E-state index in [1.165, 1.54) is 31.9 Å². The number of morpholine rings is 1. The van der Waals surface area contributed by atoms with Gasteiger partial charge < -0.3 is 25.0 Å². The van der Waals surface area contributed by atoms with Gasteiger partial charge in [0.1, 0.15) is 15.7 Å². The second-order valence-electron chi connectivity index (χ2n) is 10.5. The van der Waals surface area contributed by atoms with Crippen molar-refractivity contribution in [2.75, 3.05) is 77.8 Å². The summed E-state index contributed by atoms with van der Waals surface area (Å²) in [5.74, 6) is 1.27. The van der Waals surface area contributed by atoms with E-state index in [1.54, 1.807) is 25.3 Å². The van der Waals surface area contributed by atoms with E-state index in [0.29, 0.717) is 50.0 Å². The number of hydrogen-bond donors (Lipinski definition) is 2. The zero-order valence-electron chi connectivity index (χ0n) is 24.5. The summed E-state index contributed by atoms with van der Waals surface area (Å²) in [6.07, 6.45) is 3.01. The van der Waals surface area contributed by atoms with Crippen LogP contribution >= 0.6 is 11.6 Å². The average molecular weight is 630 g/mol. The van der Waals surface area contributed by atoms with Crippen LogP contribution in [-0.2, 0) is 32.4 Å². The summed E-state index contributed by atoms with van der Waals surface area (Å²) in [6.45, 7) is 4.40. The van der Waals surface area contributed by atoms with Crippen LogP contribution in [0.5, 0.6) is 5.75 Å². The van der Waals surface area contributed by atoms with Crippen molar-refractivity contribution in [1.82, 2.24) is 24.1 Å². The molecule has 0 atom stereocenters. The maximum Gasteiger partial charge on any atom is 0.244 e. The third kappa shape index (κ3) is 7.19. The molecule has 12 nitrogen and oxygen atoms in total. The lowest BCUT2D eigenvalue weighted by molar-refractivity contribution is -0.136. The summed E-state index contributed by atoms with van der Waals surface area (Å²) < 4.78 is 37.9. The van der Waals surface area contributed by atoms with Gasteiger partial charge in [-0.25, -0.2) is 17.7 Å². The largest absolute Gasteiger partial charge is 0.495 e. The molecule has 0 aliphatic carbocycles. The molecule has 3 aromatic rings. The second kappa shape index (κ2) is 13.4. The number of ether oxygens (including phenoxy) is 2. The molecule has 0 spiro atoms. The summed E-state index contributed by atoms with van der Waals surface area (Å²) in [7, 11) is 0.841. The Balaban J connectivity index is 1.33. The van der Waals surface area contributed by atoms with Crippen LogP contribution in [0, 0.1) is 0 Å². The molecule has 2 N–H and O–H groups in total. The first-order valence-corrected chi connectivity index (χ1v) is 15.8. The van der Waals surface area contributed by atoms with Crippen molar-refractivity contribution in [3.63, 3.8) is 0 Å². The maximum atomic E-state index is 12.9. The normalized spacial score (nSPS) is 16.0. The number of aromatic nitrogens is 2. The fourth-order valence-corrected chi connectivity index (χ4v) is 6.26. The highest BCUT2D eigenvalue weighted by Crippen LogP contribution is 2.34. The maximum absolute atomic E-state index is 12.9. The van der Waals surface area contributed by atoms with E-state index in [-0.39, 0.29) is 27.6 Å². The molecule has 0 radical (unpaired) electrons. The van der Waals surface area contributed by atoms with Gasteiger partial charge in [0.05, 0.1) is 44.4 Å². The molecule has 1 amide bonds. The fourth-order valence-electron chi connectivity index (χ4n) is 5.08. The highest BCUT2D eigenvalue weighted by Gasteiger charge is 2.24. The number of carbonyl (C=O) groups is 1. The van der Waals surface area contributed by atoms with Crippen molar-refractivity contribution in [1.29, 1.82) is 0 Å². The molecule has 2 aliphatic rings. The molecule has 230 valence electrons. The topological polar surface area (TPSA) is 129 Å². The van der Waals surface area contributed by atoms with Gasteiger partial charge in [-0.3, -0.25) is 9.69 Å². The second-order valence-corrected chi connectivity index (χ2v) is 13.0. The number of nitrogens with one attached hydrogen (secondary N) is 2. The van der Waals surface area contributed by atoms with Gasteiger partial charge in [-0.2, -0.15) is 4.98 Å². The van der Waals surface area contributed by atoms with Crippen LogP contribution < -0.4 is 15.4 Å². The van der Waals surface area contributed by atoms with E-state index < -0.39 is 10.0 Å². The van der Waals surface area contributed by atoms with Crippen LogP contribution in [0.2, 0.25) is 5.02 Å². The summed E-state index contributed by atoms with van der Waals surface area (Å²) in [5, 5.41) is 6.52. The molecule has 43 heavy (non-hydrogen) atoms. The summed E-state index contributed by atoms with van der Waals surface area (Å²) in [5.41, 5.74) is 3.34. The molecule has 3 heterocycles. The van der Waals surface area contributed by atoms with Crippen molar-refractivity contribution in [2.24, 2.45) is 0 Å². The highest BCUT2D eigenvalue weighted by atomic mass is 35.5. The Labute approximate surface area is 257 Å². The summed E-state index contributed by atoms with van der Waals surface area (Å²) in [6, 6.07) is 10.6. The number of nitrogens with zero attached hydrogens (tertiary/aromatic N) is 5. The monoisotopic (exact) mass is 629 g/mol. The number of sulfonamides is 1. The minimum Gasteiger partial charge on any atom is -0.495 e. The first-order valence-electron chi connectivity index (χ1n) is 14.0. The van der Waals surface area contributed by atoms with Crippen molar-refractivity contribution >= 4 is 50.7 Å². The van der Waals surface area contributed by atoms with Crippen LogP contribution in [0.15, 0.2) is 47.5 Å². The van der Waals surface area contributed by atoms with Crippen LogP contribution in [0.4, 0.5) is 23.1 Å². The fraction of sp³-hybridized carbons (Fsp3) is 0.414. The Bertz CT molecular complexity index is 1580. The molecule has 1 fully saturated rings. The van der Waals surface area contributed by atoms with Gasteiger partial charge in [0.25, 0.3) is 0 Å². The Morgan fingerprint density at radius 2 is 1.74 bits per heavy atom. The SMILES string of the molecule is COc1cc2c(cc1Nc1ncc(Cl)c(Nc3ccccc3S(=O)(=O)N(C)C)n1)CCN(CC(=O)N1CCOCC1)CC2. The Morgan fingerprint density at radius 1 is 1.05 bits per heavy atom. The number of carbonyl (C=O) groups excluding carboxylic acids is 1. The van der Waals surface area contributed by atoms with E-state index >= 15 is 0 Å². The number of halogens is 1. The lowest BCUT2D eigenvalue weighted by Gasteiger charge is -2.29. The molecule has 1 saturated heterocycles. The molecule has 14 heteroatoms. The number of amides is 1. The molecule has 2 aromatic carbocycles. The zero-order chi connectivity index (χ0) is 30.6. The number of fused-ring (bicyclic) bond motifs is 1. The average Bonchev–Trinajstić information content (AvgIpc) is 3.20. The molecule has 0 bridgehead atoms. The Morgan fingerprint density at radius 3 is 2.44 bits per heavy atom. The number of rotatable bonds is 9. The minimum absolute atomic E-state index is 0.0947. The molecule has 2 aliphatic heterocycles. The van der Waals surface area contributed by atoms with Crippen LogP contribution in [0.1, 0.15) is 11.1 Å². The zero-order valence-corrected chi connectivity index (χ0v) is 26.0. The van der Waals surface area contributed by atoms with Crippen LogP contribution in [-0.4, -0.2) is 106 Å². The molecular weight excluding hydrogens is 594 g/mol. The Hall–Kier alpha value is -3.49. The molecule has 0 unspecified atom stereocenters. The third-order valence-electron chi connectivity index (χ3n) is 7.53. The third-order valence-corrected chi connectivity index (χ3v) is 9.68. The number of benzene rings is 2. The van der Waals surface area contributed by atoms with E-state index in [2.05, 4.69) is 25.5 Å². The van der Waals surface area contributed by atoms with Crippen molar-refractivity contribution in [3.05, 3.63) is 58.7 Å². The van der Waals surface area contributed by atoms with Gasteiger partial charge in [0.15, 0.2) is 5.82 Å². The van der Waals surface area contributed by atoms with E-state index in [4.69, 9.17) is 21.1 Å². The molecule has 1 aromatic heterocycles. The summed E-state index contributed by atoms with van der Waals surface area (Å²) in [4.78, 5) is 25.9. The highest BCUT2D eigenvalue weighted by molar-refractivity contribution is 7.89. The smallest absolute Gasteiger partial charge is 0.244 e. The van der Waals surface area contributed by atoms with Crippen molar-refractivity contribution in [3.8, 4) is 5.75 Å². The number of methoxy groups -OCH3 is 1. The standard InChI is InChI=1S/C29H36ClN7O5S/c1-35(2)43(39,40)26-7-5-4-6-23(26)32-28-22(30)18-31-29(34-28)33-24-16-20-8-10-36(11-9-21(20)17-25(24)41-3)19-27(38)37-12-14-42-15-13-37/h4-7,16-18H,8-15,19H2,1-3H3,(H2,31,32,33,34). The van der Waals surface area contributed by atoms with E-state index in [0.717, 1.165) is 35.8 Å². The molecule has 5 rings (SSSR count). The number of hydrogen-bond acceptors (Lipinski definition) is 10. The van der Waals surface area contributed by atoms with Gasteiger partial charge in [0, 0.05) is 40.3 Å². The Kier molecular flexibility index (Phi) is 9.67. The predicted octanol–water partition coefficient (Wildman–Crippen LogP) is 3.14. The van der Waals surface area contributed by atoms with Gasteiger partial charge in [-0.15, -0.1) is 0 Å². The van der Waals surface area contributed by atoms with Crippen LogP contribution in [0.3, 0.4) is 0 Å². The van der Waals surface area contributed by atoms with Gasteiger partial charge in [-0.05, 0) is 48.2 Å². The van der Waals surface area contributed by atoms with Crippen molar-refractivity contribution < 1.29 is 22.7 Å². The van der Waals surface area contributed by atoms with Crippen LogP contribution in [0.25, 0.3) is 0 Å². The lowest BCUT2D eigenvalue weighted by Crippen LogP contribution is -2.46. The van der Waals surface area contributed by atoms with Crippen molar-refractivity contribution in [2.45, 2.75) is 17.7 Å². The summed E-state index contributed by atoms with van der Waals surface area (Å²) >= 11 is 6.41. The molecule has 0 saturated carbocycles. The first-order chi connectivity index (χ1) is 20.7. The van der Waals surface area contributed by atoms with E-state index in [1.807, 2.05) is 17.0 Å². The quantitative estimate of drug-likeness (QED) is 0.364. The van der Waals surface area contributed by atoms with Gasteiger partial charge in [0.2, 0.25) is 21.9 Å². The lowest BCUT2D eigenvalue weighted by atomic mass is 10.0.